The van der Waals surface area contributed by atoms with Gasteiger partial charge in [0.05, 0.1) is 7.11 Å². The summed E-state index contributed by atoms with van der Waals surface area (Å²) >= 11 is 0. The van der Waals surface area contributed by atoms with Crippen molar-refractivity contribution in [3.63, 3.8) is 0 Å². The first-order chi connectivity index (χ1) is 15.5. The van der Waals surface area contributed by atoms with Crippen molar-refractivity contribution in [2.75, 3.05) is 12.4 Å². The molecular formula is C24H30N2O6S. The SMILES string of the molecule is COc1ccc(C(=O)Nc2ccc3c(c2)OC2(CCCCC2)O3)cc1S(=O)(=O)NC(C)(C)C. The van der Waals surface area contributed by atoms with Crippen LogP contribution in [0, 0.1) is 0 Å². The molecule has 1 aliphatic carbocycles. The summed E-state index contributed by atoms with van der Waals surface area (Å²) < 4.78 is 45.8. The zero-order valence-corrected chi connectivity index (χ0v) is 20.2. The minimum absolute atomic E-state index is 0.0995. The normalized spacial score (nSPS) is 17.1. The van der Waals surface area contributed by atoms with E-state index in [1.54, 1.807) is 39.0 Å². The average Bonchev–Trinajstić information content (AvgIpc) is 3.08. The van der Waals surface area contributed by atoms with E-state index in [1.165, 1.54) is 31.7 Å². The molecule has 8 nitrogen and oxygen atoms in total. The molecule has 1 fully saturated rings. The Morgan fingerprint density at radius 1 is 1.00 bits per heavy atom. The van der Waals surface area contributed by atoms with Crippen molar-refractivity contribution in [2.24, 2.45) is 0 Å². The smallest absolute Gasteiger partial charge is 0.255 e. The summed E-state index contributed by atoms with van der Waals surface area (Å²) in [6, 6.07) is 9.56. The molecule has 1 saturated carbocycles. The van der Waals surface area contributed by atoms with Gasteiger partial charge in [0.25, 0.3) is 11.7 Å². The van der Waals surface area contributed by atoms with E-state index in [-0.39, 0.29) is 16.2 Å². The summed E-state index contributed by atoms with van der Waals surface area (Å²) in [5.41, 5.74) is 0.0272. The highest BCUT2D eigenvalue weighted by atomic mass is 32.2. The molecule has 33 heavy (non-hydrogen) atoms. The molecule has 1 heterocycles. The fourth-order valence-corrected chi connectivity index (χ4v) is 5.77. The molecule has 4 rings (SSSR count). The zero-order chi connectivity index (χ0) is 23.9. The Morgan fingerprint density at radius 2 is 1.70 bits per heavy atom. The van der Waals surface area contributed by atoms with Crippen molar-refractivity contribution in [2.45, 2.75) is 69.1 Å². The Kier molecular flexibility index (Phi) is 6.05. The Morgan fingerprint density at radius 3 is 2.36 bits per heavy atom. The van der Waals surface area contributed by atoms with Gasteiger partial charge in [0.2, 0.25) is 10.0 Å². The van der Waals surface area contributed by atoms with Gasteiger partial charge in [-0.05, 0) is 63.9 Å². The van der Waals surface area contributed by atoms with Crippen LogP contribution in [-0.4, -0.2) is 32.8 Å². The van der Waals surface area contributed by atoms with Crippen molar-refractivity contribution >= 4 is 21.6 Å². The highest BCUT2D eigenvalue weighted by molar-refractivity contribution is 7.89. The van der Waals surface area contributed by atoms with E-state index in [0.717, 1.165) is 25.7 Å². The van der Waals surface area contributed by atoms with Gasteiger partial charge in [-0.25, -0.2) is 13.1 Å². The van der Waals surface area contributed by atoms with Crippen LogP contribution in [0.4, 0.5) is 5.69 Å². The lowest BCUT2D eigenvalue weighted by atomic mass is 9.94. The van der Waals surface area contributed by atoms with Gasteiger partial charge in [-0.1, -0.05) is 6.42 Å². The number of amides is 1. The molecule has 1 aliphatic heterocycles. The summed E-state index contributed by atoms with van der Waals surface area (Å²) in [5, 5.41) is 2.81. The van der Waals surface area contributed by atoms with Gasteiger partial charge >= 0.3 is 0 Å². The summed E-state index contributed by atoms with van der Waals surface area (Å²) in [6.07, 6.45) is 4.98. The molecule has 1 spiro atoms. The summed E-state index contributed by atoms with van der Waals surface area (Å²) in [4.78, 5) is 12.8. The van der Waals surface area contributed by atoms with Crippen LogP contribution in [-0.2, 0) is 10.0 Å². The molecule has 1 amide bonds. The van der Waals surface area contributed by atoms with Crippen LogP contribution in [0.3, 0.4) is 0 Å². The Labute approximate surface area is 194 Å². The molecule has 0 saturated heterocycles. The molecular weight excluding hydrogens is 444 g/mol. The third-order valence-electron chi connectivity index (χ3n) is 5.56. The van der Waals surface area contributed by atoms with Crippen molar-refractivity contribution < 1.29 is 27.4 Å². The number of sulfonamides is 1. The molecule has 0 aromatic heterocycles. The summed E-state index contributed by atoms with van der Waals surface area (Å²) in [7, 11) is -2.52. The number of carbonyl (C=O) groups is 1. The number of rotatable bonds is 5. The standard InChI is InChI=1S/C24H30N2O6S/c1-23(2,3)26-33(28,29)21-14-16(8-10-19(21)30-4)22(27)25-17-9-11-18-20(15-17)32-24(31-18)12-6-5-7-13-24/h8-11,14-15,26H,5-7,12-13H2,1-4H3,(H,25,27). The first kappa shape index (κ1) is 23.4. The fraction of sp³-hybridized carbons (Fsp3) is 0.458. The predicted molar refractivity (Wildman–Crippen MR) is 125 cm³/mol. The number of nitrogens with one attached hydrogen (secondary N) is 2. The maximum Gasteiger partial charge on any atom is 0.255 e. The number of anilines is 1. The monoisotopic (exact) mass is 474 g/mol. The second-order valence-corrected chi connectivity index (χ2v) is 11.2. The maximum absolute atomic E-state index is 12.9. The van der Waals surface area contributed by atoms with E-state index >= 15 is 0 Å². The molecule has 0 atom stereocenters. The largest absolute Gasteiger partial charge is 0.495 e. The highest BCUT2D eigenvalue weighted by Crippen LogP contribution is 2.46. The van der Waals surface area contributed by atoms with Crippen LogP contribution in [0.5, 0.6) is 17.2 Å². The van der Waals surface area contributed by atoms with E-state index in [2.05, 4.69) is 10.0 Å². The molecule has 0 bridgehead atoms. The molecule has 0 unspecified atom stereocenters. The van der Waals surface area contributed by atoms with Gasteiger partial charge in [0, 0.05) is 35.7 Å². The number of fused-ring (bicyclic) bond motifs is 1. The highest BCUT2D eigenvalue weighted by Gasteiger charge is 2.42. The predicted octanol–water partition coefficient (Wildman–Crippen LogP) is 4.46. The Balaban J connectivity index is 1.55. The quantitative estimate of drug-likeness (QED) is 0.663. The van der Waals surface area contributed by atoms with Crippen molar-refractivity contribution in [3.05, 3.63) is 42.0 Å². The first-order valence-corrected chi connectivity index (χ1v) is 12.5. The summed E-state index contributed by atoms with van der Waals surface area (Å²) in [6.45, 7) is 5.22. The molecule has 0 radical (unpaired) electrons. The van der Waals surface area contributed by atoms with Gasteiger partial charge in [-0.2, -0.15) is 0 Å². The number of hydrogen-bond donors (Lipinski definition) is 2. The molecule has 9 heteroatoms. The fourth-order valence-electron chi connectivity index (χ4n) is 4.16. The van der Waals surface area contributed by atoms with Gasteiger partial charge in [0.1, 0.15) is 10.6 Å². The van der Waals surface area contributed by atoms with E-state index in [4.69, 9.17) is 14.2 Å². The van der Waals surface area contributed by atoms with Crippen molar-refractivity contribution in [1.82, 2.24) is 4.72 Å². The van der Waals surface area contributed by atoms with E-state index in [0.29, 0.717) is 17.2 Å². The topological polar surface area (TPSA) is 103 Å². The molecule has 178 valence electrons. The maximum atomic E-state index is 12.9. The molecule has 2 N–H and O–H groups in total. The Hall–Kier alpha value is -2.78. The molecule has 2 aromatic rings. The van der Waals surface area contributed by atoms with Crippen molar-refractivity contribution in [3.8, 4) is 17.2 Å². The van der Waals surface area contributed by atoms with Crippen LogP contribution in [0.15, 0.2) is 41.3 Å². The van der Waals surface area contributed by atoms with Crippen LogP contribution in [0.25, 0.3) is 0 Å². The third kappa shape index (κ3) is 5.09. The number of ether oxygens (including phenoxy) is 3. The third-order valence-corrected chi connectivity index (χ3v) is 7.34. The van der Waals surface area contributed by atoms with Gasteiger partial charge in [-0.15, -0.1) is 0 Å². The number of hydrogen-bond acceptors (Lipinski definition) is 6. The van der Waals surface area contributed by atoms with Crippen molar-refractivity contribution in [1.29, 1.82) is 0 Å². The first-order valence-electron chi connectivity index (χ1n) is 11.1. The van der Waals surface area contributed by atoms with Crippen LogP contribution >= 0.6 is 0 Å². The van der Waals surface area contributed by atoms with Gasteiger partial charge < -0.3 is 19.5 Å². The lowest BCUT2D eigenvalue weighted by molar-refractivity contribution is -0.105. The van der Waals surface area contributed by atoms with E-state index in [1.807, 2.05) is 0 Å². The second kappa shape index (κ2) is 8.53. The van der Waals surface area contributed by atoms with E-state index in [9.17, 15) is 13.2 Å². The van der Waals surface area contributed by atoms with Crippen LogP contribution < -0.4 is 24.2 Å². The molecule has 2 aliphatic rings. The number of carbonyl (C=O) groups excluding carboxylic acids is 1. The van der Waals surface area contributed by atoms with Crippen LogP contribution in [0.1, 0.15) is 63.2 Å². The minimum Gasteiger partial charge on any atom is -0.495 e. The molecule has 2 aromatic carbocycles. The van der Waals surface area contributed by atoms with E-state index < -0.39 is 27.3 Å². The van der Waals surface area contributed by atoms with Gasteiger partial charge in [-0.3, -0.25) is 4.79 Å². The average molecular weight is 475 g/mol. The zero-order valence-electron chi connectivity index (χ0n) is 19.4. The summed E-state index contributed by atoms with van der Waals surface area (Å²) in [5.74, 6) is 0.381. The van der Waals surface area contributed by atoms with Crippen LogP contribution in [0.2, 0.25) is 0 Å². The lowest BCUT2D eigenvalue weighted by Gasteiger charge is -2.31. The number of methoxy groups -OCH3 is 1. The Bertz CT molecular complexity index is 1160. The van der Waals surface area contributed by atoms with Gasteiger partial charge in [0.15, 0.2) is 11.5 Å². The number of benzene rings is 2. The lowest BCUT2D eigenvalue weighted by Crippen LogP contribution is -2.40. The minimum atomic E-state index is -3.91. The second-order valence-electron chi connectivity index (χ2n) is 9.51.